The van der Waals surface area contributed by atoms with E-state index >= 15 is 0 Å². The lowest BCUT2D eigenvalue weighted by Gasteiger charge is -2.24. The van der Waals surface area contributed by atoms with Crippen LogP contribution in [0, 0.1) is 0 Å². The predicted molar refractivity (Wildman–Crippen MR) is 72.7 cm³/mol. The summed E-state index contributed by atoms with van der Waals surface area (Å²) >= 11 is 5.96. The van der Waals surface area contributed by atoms with E-state index in [0.29, 0.717) is 11.0 Å². The average Bonchev–Trinajstić information content (AvgIpc) is 2.85. The van der Waals surface area contributed by atoms with E-state index in [-0.39, 0.29) is 5.60 Å². The molecule has 18 heavy (non-hydrogen) atoms. The standard InChI is InChI=1S/C13H16ClN3O/c1-13(5-2-6-18-13)8-17-11-4-3-9(14)7-10(11)16-12(17)15/h3-4,7H,2,5-6,8H2,1H3,(H2,15,16). The van der Waals surface area contributed by atoms with Crippen LogP contribution in [0.5, 0.6) is 0 Å². The molecule has 0 spiro atoms. The van der Waals surface area contributed by atoms with Gasteiger partial charge in [-0.1, -0.05) is 11.6 Å². The van der Waals surface area contributed by atoms with E-state index in [9.17, 15) is 0 Å². The Hall–Kier alpha value is -1.26. The van der Waals surface area contributed by atoms with Gasteiger partial charge >= 0.3 is 0 Å². The lowest BCUT2D eigenvalue weighted by Crippen LogP contribution is -2.30. The minimum atomic E-state index is -0.138. The van der Waals surface area contributed by atoms with Gasteiger partial charge in [0.1, 0.15) is 0 Å². The highest BCUT2D eigenvalue weighted by atomic mass is 35.5. The molecular formula is C13H16ClN3O. The molecule has 1 saturated heterocycles. The first-order valence-electron chi connectivity index (χ1n) is 6.13. The van der Waals surface area contributed by atoms with Gasteiger partial charge in [0.2, 0.25) is 5.95 Å². The summed E-state index contributed by atoms with van der Waals surface area (Å²) in [5, 5.41) is 0.676. The predicted octanol–water partition coefficient (Wildman–Crippen LogP) is 2.84. The molecule has 1 atom stereocenters. The van der Waals surface area contributed by atoms with Crippen molar-refractivity contribution in [3.8, 4) is 0 Å². The van der Waals surface area contributed by atoms with Gasteiger partial charge in [-0.2, -0.15) is 0 Å². The van der Waals surface area contributed by atoms with Crippen molar-refractivity contribution in [2.45, 2.75) is 31.9 Å². The normalized spacial score (nSPS) is 23.9. The average molecular weight is 266 g/mol. The van der Waals surface area contributed by atoms with Gasteiger partial charge in [-0.05, 0) is 38.0 Å². The van der Waals surface area contributed by atoms with Crippen LogP contribution in [0.15, 0.2) is 18.2 Å². The lowest BCUT2D eigenvalue weighted by molar-refractivity contribution is 0.00750. The quantitative estimate of drug-likeness (QED) is 0.908. The van der Waals surface area contributed by atoms with Crippen LogP contribution in [0.4, 0.5) is 5.95 Å². The van der Waals surface area contributed by atoms with E-state index in [1.807, 2.05) is 22.8 Å². The van der Waals surface area contributed by atoms with E-state index in [2.05, 4.69) is 11.9 Å². The summed E-state index contributed by atoms with van der Waals surface area (Å²) in [5.41, 5.74) is 7.70. The maximum Gasteiger partial charge on any atom is 0.201 e. The Morgan fingerprint density at radius 2 is 2.39 bits per heavy atom. The minimum absolute atomic E-state index is 0.138. The zero-order valence-electron chi connectivity index (χ0n) is 10.3. The number of rotatable bonds is 2. The number of nitrogens with zero attached hydrogens (tertiary/aromatic N) is 2. The number of hydrogen-bond acceptors (Lipinski definition) is 3. The monoisotopic (exact) mass is 265 g/mol. The number of benzene rings is 1. The second-order valence-electron chi connectivity index (χ2n) is 5.09. The first kappa shape index (κ1) is 11.8. The highest BCUT2D eigenvalue weighted by Gasteiger charge is 2.31. The molecule has 0 amide bonds. The van der Waals surface area contributed by atoms with Gasteiger partial charge < -0.3 is 15.0 Å². The van der Waals surface area contributed by atoms with E-state index in [4.69, 9.17) is 22.1 Å². The third-order valence-electron chi connectivity index (χ3n) is 3.53. The Bertz CT molecular complexity index is 587. The van der Waals surface area contributed by atoms with Crippen molar-refractivity contribution in [1.29, 1.82) is 0 Å². The Morgan fingerprint density at radius 3 is 3.11 bits per heavy atom. The summed E-state index contributed by atoms with van der Waals surface area (Å²) in [6, 6.07) is 5.65. The fourth-order valence-electron chi connectivity index (χ4n) is 2.58. The van der Waals surface area contributed by atoms with Crippen LogP contribution < -0.4 is 5.73 Å². The van der Waals surface area contributed by atoms with E-state index in [1.165, 1.54) is 0 Å². The molecule has 5 heteroatoms. The molecular weight excluding hydrogens is 250 g/mol. The van der Waals surface area contributed by atoms with Crippen molar-refractivity contribution in [2.24, 2.45) is 0 Å². The lowest BCUT2D eigenvalue weighted by atomic mass is 10.0. The highest BCUT2D eigenvalue weighted by Crippen LogP contribution is 2.30. The highest BCUT2D eigenvalue weighted by molar-refractivity contribution is 6.31. The third kappa shape index (κ3) is 1.95. The zero-order valence-corrected chi connectivity index (χ0v) is 11.1. The molecule has 0 aliphatic carbocycles. The topological polar surface area (TPSA) is 53.1 Å². The molecule has 1 aliphatic rings. The van der Waals surface area contributed by atoms with Crippen LogP contribution in [-0.4, -0.2) is 21.8 Å². The molecule has 4 nitrogen and oxygen atoms in total. The van der Waals surface area contributed by atoms with Crippen molar-refractivity contribution >= 4 is 28.6 Å². The number of fused-ring (bicyclic) bond motifs is 1. The second-order valence-corrected chi connectivity index (χ2v) is 5.53. The summed E-state index contributed by atoms with van der Waals surface area (Å²) in [5.74, 6) is 0.518. The molecule has 1 fully saturated rings. The third-order valence-corrected chi connectivity index (χ3v) is 3.77. The van der Waals surface area contributed by atoms with Crippen molar-refractivity contribution in [3.63, 3.8) is 0 Å². The summed E-state index contributed by atoms with van der Waals surface area (Å²) in [4.78, 5) is 4.35. The number of ether oxygens (including phenoxy) is 1. The molecule has 0 radical (unpaired) electrons. The van der Waals surface area contributed by atoms with Crippen LogP contribution in [0.25, 0.3) is 11.0 Å². The fourth-order valence-corrected chi connectivity index (χ4v) is 2.75. The molecule has 2 aromatic rings. The van der Waals surface area contributed by atoms with E-state index in [1.54, 1.807) is 0 Å². The maximum absolute atomic E-state index is 5.99. The summed E-state index contributed by atoms with van der Waals surface area (Å²) in [6.45, 7) is 3.69. The van der Waals surface area contributed by atoms with Crippen LogP contribution >= 0.6 is 11.6 Å². The number of aromatic nitrogens is 2. The molecule has 1 aliphatic heterocycles. The van der Waals surface area contributed by atoms with Crippen molar-refractivity contribution in [3.05, 3.63) is 23.2 Å². The Balaban J connectivity index is 2.03. The van der Waals surface area contributed by atoms with Crippen molar-refractivity contribution < 1.29 is 4.74 Å². The summed E-state index contributed by atoms with van der Waals surface area (Å²) < 4.78 is 7.82. The van der Waals surface area contributed by atoms with Gasteiger partial charge in [-0.15, -0.1) is 0 Å². The van der Waals surface area contributed by atoms with E-state index in [0.717, 1.165) is 37.0 Å². The number of halogens is 1. The van der Waals surface area contributed by atoms with Gasteiger partial charge in [0.25, 0.3) is 0 Å². The first-order valence-corrected chi connectivity index (χ1v) is 6.50. The van der Waals surface area contributed by atoms with Crippen LogP contribution in [0.2, 0.25) is 5.02 Å². The largest absolute Gasteiger partial charge is 0.373 e. The number of nitrogens with two attached hydrogens (primary N) is 1. The minimum Gasteiger partial charge on any atom is -0.373 e. The number of nitrogen functional groups attached to an aromatic ring is 1. The number of imidazole rings is 1. The zero-order chi connectivity index (χ0) is 12.8. The molecule has 2 heterocycles. The van der Waals surface area contributed by atoms with Gasteiger partial charge in [0.05, 0.1) is 23.2 Å². The molecule has 3 rings (SSSR count). The molecule has 1 unspecified atom stereocenters. The van der Waals surface area contributed by atoms with Crippen molar-refractivity contribution in [2.75, 3.05) is 12.3 Å². The van der Waals surface area contributed by atoms with Gasteiger partial charge in [-0.3, -0.25) is 0 Å². The van der Waals surface area contributed by atoms with E-state index < -0.39 is 0 Å². The smallest absolute Gasteiger partial charge is 0.201 e. The van der Waals surface area contributed by atoms with Gasteiger partial charge in [0.15, 0.2) is 0 Å². The Morgan fingerprint density at radius 1 is 1.56 bits per heavy atom. The number of hydrogen-bond donors (Lipinski definition) is 1. The first-order chi connectivity index (χ1) is 8.57. The molecule has 0 saturated carbocycles. The second kappa shape index (κ2) is 4.14. The van der Waals surface area contributed by atoms with Gasteiger partial charge in [-0.25, -0.2) is 4.98 Å². The Kier molecular flexibility index (Phi) is 2.72. The number of anilines is 1. The van der Waals surface area contributed by atoms with Crippen LogP contribution in [0.3, 0.4) is 0 Å². The summed E-state index contributed by atoms with van der Waals surface area (Å²) in [6.07, 6.45) is 2.16. The van der Waals surface area contributed by atoms with Crippen LogP contribution in [0.1, 0.15) is 19.8 Å². The molecule has 1 aromatic heterocycles. The molecule has 96 valence electrons. The van der Waals surface area contributed by atoms with Gasteiger partial charge in [0, 0.05) is 11.6 Å². The fraction of sp³-hybridized carbons (Fsp3) is 0.462. The van der Waals surface area contributed by atoms with Crippen LogP contribution in [-0.2, 0) is 11.3 Å². The summed E-state index contributed by atoms with van der Waals surface area (Å²) in [7, 11) is 0. The molecule has 2 N–H and O–H groups in total. The van der Waals surface area contributed by atoms with Crippen molar-refractivity contribution in [1.82, 2.24) is 9.55 Å². The molecule has 0 bridgehead atoms. The SMILES string of the molecule is CC1(Cn2c(N)nc3cc(Cl)ccc32)CCCO1. The Labute approximate surface area is 111 Å². The maximum atomic E-state index is 5.99. The molecule has 1 aromatic carbocycles.